The molecular formula is C27H30N2O8. The average molecular weight is 511 g/mol. The summed E-state index contributed by atoms with van der Waals surface area (Å²) in [6.07, 6.45) is 2.89. The number of hydrogen-bond acceptors (Lipinski definition) is 9. The van der Waals surface area contributed by atoms with Crippen LogP contribution in [-0.2, 0) is 9.59 Å². The summed E-state index contributed by atoms with van der Waals surface area (Å²) < 4.78 is 0. The number of amides is 1. The van der Waals surface area contributed by atoms with Crippen molar-refractivity contribution in [2.24, 2.45) is 17.6 Å². The van der Waals surface area contributed by atoms with Crippen LogP contribution in [0, 0.1) is 11.8 Å². The van der Waals surface area contributed by atoms with Gasteiger partial charge in [-0.3, -0.25) is 19.3 Å². The summed E-state index contributed by atoms with van der Waals surface area (Å²) >= 11 is 0. The van der Waals surface area contributed by atoms with E-state index in [1.807, 2.05) is 6.08 Å². The van der Waals surface area contributed by atoms with E-state index in [0.29, 0.717) is 11.1 Å². The monoisotopic (exact) mass is 510 g/mol. The summed E-state index contributed by atoms with van der Waals surface area (Å²) in [5, 5.41) is 56.8. The molecule has 1 aromatic carbocycles. The molecule has 37 heavy (non-hydrogen) atoms. The maximum Gasteiger partial charge on any atom is 0.255 e. The van der Waals surface area contributed by atoms with Gasteiger partial charge in [0.05, 0.1) is 23.6 Å². The first kappa shape index (κ1) is 25.2. The largest absolute Gasteiger partial charge is 0.510 e. The quantitative estimate of drug-likeness (QED) is 0.326. The number of rotatable bonds is 3. The number of hydrogen-bond donors (Lipinski definition) is 6. The Morgan fingerprint density at radius 2 is 1.84 bits per heavy atom. The molecule has 4 aliphatic carbocycles. The van der Waals surface area contributed by atoms with Crippen molar-refractivity contribution in [3.63, 3.8) is 0 Å². The van der Waals surface area contributed by atoms with Crippen LogP contribution in [0.15, 0.2) is 40.9 Å². The van der Waals surface area contributed by atoms with Crippen molar-refractivity contribution in [3.8, 4) is 5.75 Å². The Morgan fingerprint density at radius 1 is 1.16 bits per heavy atom. The zero-order valence-electron chi connectivity index (χ0n) is 20.7. The third-order valence-corrected chi connectivity index (χ3v) is 8.52. The number of likely N-dealkylation sites (N-methyl/N-ethyl adjacent to an activating group) is 1. The highest BCUT2D eigenvalue weighted by Gasteiger charge is 2.67. The number of carbonyl (C=O) groups excluding carboxylic acids is 3. The highest BCUT2D eigenvalue weighted by molar-refractivity contribution is 6.25. The van der Waals surface area contributed by atoms with E-state index in [1.54, 1.807) is 19.1 Å². The van der Waals surface area contributed by atoms with Crippen molar-refractivity contribution in [1.82, 2.24) is 4.90 Å². The molecule has 0 spiro atoms. The van der Waals surface area contributed by atoms with Crippen LogP contribution in [0.2, 0.25) is 0 Å². The number of aliphatic hydroxyl groups excluding tert-OH is 3. The highest BCUT2D eigenvalue weighted by atomic mass is 16.4. The average Bonchev–Trinajstić information content (AvgIpc) is 3.35. The van der Waals surface area contributed by atoms with Crippen molar-refractivity contribution in [3.05, 3.63) is 57.6 Å². The summed E-state index contributed by atoms with van der Waals surface area (Å²) in [7, 11) is 3.00. The number of phenols is 1. The van der Waals surface area contributed by atoms with Gasteiger partial charge in [-0.25, -0.2) is 0 Å². The van der Waals surface area contributed by atoms with Gasteiger partial charge in [-0.1, -0.05) is 25.1 Å². The number of nitrogens with two attached hydrogens (primary N) is 1. The molecule has 0 fully saturated rings. The third-order valence-electron chi connectivity index (χ3n) is 8.52. The van der Waals surface area contributed by atoms with Crippen LogP contribution >= 0.6 is 0 Å². The van der Waals surface area contributed by atoms with E-state index in [0.717, 1.165) is 24.8 Å². The number of phenolic OH excluding ortho intramolecular Hbond substituents is 1. The van der Waals surface area contributed by atoms with E-state index < -0.39 is 75.6 Å². The smallest absolute Gasteiger partial charge is 0.255 e. The van der Waals surface area contributed by atoms with Gasteiger partial charge in [0.2, 0.25) is 5.78 Å². The summed E-state index contributed by atoms with van der Waals surface area (Å²) in [5.41, 5.74) is 2.89. The number of ketones is 2. The second-order valence-electron chi connectivity index (χ2n) is 10.6. The second-order valence-corrected chi connectivity index (χ2v) is 10.6. The molecule has 0 heterocycles. The summed E-state index contributed by atoms with van der Waals surface area (Å²) in [5.74, 6) is -8.77. The molecule has 7 N–H and O–H groups in total. The van der Waals surface area contributed by atoms with Crippen molar-refractivity contribution >= 4 is 23.0 Å². The van der Waals surface area contributed by atoms with Crippen LogP contribution in [0.1, 0.15) is 53.6 Å². The maximum absolute atomic E-state index is 13.9. The van der Waals surface area contributed by atoms with Crippen molar-refractivity contribution in [1.29, 1.82) is 0 Å². The molecule has 6 unspecified atom stereocenters. The van der Waals surface area contributed by atoms with Crippen LogP contribution in [0.4, 0.5) is 0 Å². The summed E-state index contributed by atoms with van der Waals surface area (Å²) in [6, 6.07) is 2.17. The fourth-order valence-electron chi connectivity index (χ4n) is 6.80. The number of primary amides is 1. The highest BCUT2D eigenvalue weighted by Crippen LogP contribution is 2.56. The normalized spacial score (nSPS) is 33.4. The predicted molar refractivity (Wildman–Crippen MR) is 132 cm³/mol. The van der Waals surface area contributed by atoms with E-state index in [-0.39, 0.29) is 11.3 Å². The predicted octanol–water partition coefficient (Wildman–Crippen LogP) is 1.22. The molecular weight excluding hydrogens is 480 g/mol. The molecule has 0 bridgehead atoms. The van der Waals surface area contributed by atoms with Crippen LogP contribution in [0.25, 0.3) is 5.57 Å². The molecule has 1 amide bonds. The second kappa shape index (κ2) is 8.27. The molecule has 0 saturated heterocycles. The minimum Gasteiger partial charge on any atom is -0.510 e. The number of fused-ring (bicyclic) bond motifs is 3. The lowest BCUT2D eigenvalue weighted by Gasteiger charge is -2.53. The first-order valence-corrected chi connectivity index (χ1v) is 12.2. The van der Waals surface area contributed by atoms with Crippen molar-refractivity contribution in [2.75, 3.05) is 14.1 Å². The van der Waals surface area contributed by atoms with Gasteiger partial charge in [0, 0.05) is 17.1 Å². The lowest BCUT2D eigenvalue weighted by atomic mass is 9.55. The fourth-order valence-corrected chi connectivity index (χ4v) is 6.80. The Kier molecular flexibility index (Phi) is 5.63. The zero-order chi connectivity index (χ0) is 27.1. The molecule has 0 radical (unpaired) electrons. The minimum atomic E-state index is -2.91. The van der Waals surface area contributed by atoms with Crippen LogP contribution in [0.5, 0.6) is 5.75 Å². The van der Waals surface area contributed by atoms with Crippen LogP contribution in [-0.4, -0.2) is 79.7 Å². The molecule has 196 valence electrons. The number of aromatic hydroxyl groups is 1. The topological polar surface area (TPSA) is 182 Å². The van der Waals surface area contributed by atoms with Gasteiger partial charge >= 0.3 is 0 Å². The molecule has 0 aliphatic heterocycles. The van der Waals surface area contributed by atoms with Crippen LogP contribution < -0.4 is 5.73 Å². The fraction of sp³-hybridized carbons (Fsp3) is 0.444. The van der Waals surface area contributed by atoms with Gasteiger partial charge in [-0.15, -0.1) is 0 Å². The van der Waals surface area contributed by atoms with Gasteiger partial charge in [-0.2, -0.15) is 0 Å². The Hall–Kier alpha value is -3.47. The number of carbonyl (C=O) groups is 3. The molecule has 0 aromatic heterocycles. The third kappa shape index (κ3) is 3.12. The Morgan fingerprint density at radius 3 is 2.41 bits per heavy atom. The van der Waals surface area contributed by atoms with E-state index >= 15 is 0 Å². The first-order chi connectivity index (χ1) is 17.3. The molecule has 6 atom stereocenters. The molecule has 1 aromatic rings. The van der Waals surface area contributed by atoms with E-state index in [1.165, 1.54) is 19.0 Å². The van der Waals surface area contributed by atoms with Gasteiger partial charge in [0.15, 0.2) is 11.4 Å². The summed E-state index contributed by atoms with van der Waals surface area (Å²) in [6.45, 7) is 1.71. The minimum absolute atomic E-state index is 0.0641. The molecule has 4 aliphatic rings. The number of nitrogens with zero attached hydrogens (tertiary/aromatic N) is 1. The SMILES string of the molecule is CC1c2ccc(C3=CCCC3)c(O)c2C(=O)C2=C(O)C3(O)C(=O)C(C(N)=O)=C(O)C(N(C)C)C3C(O)C21. The summed E-state index contributed by atoms with van der Waals surface area (Å²) in [4.78, 5) is 40.8. The molecule has 10 nitrogen and oxygen atoms in total. The van der Waals surface area contributed by atoms with E-state index in [2.05, 4.69) is 0 Å². The van der Waals surface area contributed by atoms with E-state index in [9.17, 15) is 39.9 Å². The molecule has 5 rings (SSSR count). The van der Waals surface area contributed by atoms with Crippen molar-refractivity contribution in [2.45, 2.75) is 49.9 Å². The Bertz CT molecular complexity index is 1360. The first-order valence-electron chi connectivity index (χ1n) is 12.2. The molecule has 10 heteroatoms. The van der Waals surface area contributed by atoms with Crippen molar-refractivity contribution < 1.29 is 39.9 Å². The number of Topliss-reactive ketones (excluding diaryl/α,β-unsaturated/α-hetero) is 2. The number of benzene rings is 1. The molecule has 0 saturated carbocycles. The lowest BCUT2D eigenvalue weighted by Crippen LogP contribution is -2.68. The van der Waals surface area contributed by atoms with E-state index in [4.69, 9.17) is 5.73 Å². The van der Waals surface area contributed by atoms with Gasteiger partial charge in [0.25, 0.3) is 5.91 Å². The lowest BCUT2D eigenvalue weighted by molar-refractivity contribution is -0.162. The zero-order valence-corrected chi connectivity index (χ0v) is 20.7. The van der Waals surface area contributed by atoms with Gasteiger partial charge in [-0.05, 0) is 50.4 Å². The Labute approximate surface area is 213 Å². The van der Waals surface area contributed by atoms with Gasteiger partial charge < -0.3 is 31.3 Å². The standard InChI is InChI=1S/C27H30N2O8/c1-10-12-8-9-13(11-6-4-5-7-11)20(30)15(12)21(31)16-14(10)22(32)18-19(29(2)3)23(33)17(26(28)36)25(35)27(18,37)24(16)34/h6,8-10,14,18-19,22,30,32-34,37H,4-5,7H2,1-3H3,(H2,28,36). The Balaban J connectivity index is 1.77. The van der Waals surface area contributed by atoms with Crippen LogP contribution in [0.3, 0.4) is 0 Å². The number of allylic oxidation sites excluding steroid dienone is 2. The number of aliphatic hydroxyl groups is 4. The van der Waals surface area contributed by atoms with Gasteiger partial charge in [0.1, 0.15) is 22.8 Å². The maximum atomic E-state index is 13.9.